The van der Waals surface area contributed by atoms with Gasteiger partial charge in [0, 0.05) is 7.11 Å². The molecule has 0 aromatic heterocycles. The molecule has 2 rings (SSSR count). The third-order valence-electron chi connectivity index (χ3n) is 3.10. The zero-order valence-corrected chi connectivity index (χ0v) is 11.6. The molecular weight excluding hydrogens is 250 g/mol. The van der Waals surface area contributed by atoms with Crippen molar-refractivity contribution in [1.29, 1.82) is 0 Å². The number of carbonyl (C=O) groups excluding carboxylic acids is 1. The predicted octanol–water partition coefficient (Wildman–Crippen LogP) is 2.73. The molecule has 2 aromatic carbocycles. The number of nitrogens with one attached hydrogen (secondary N) is 1. The van der Waals surface area contributed by atoms with Crippen LogP contribution in [0.15, 0.2) is 60.7 Å². The quantitative estimate of drug-likeness (QED) is 0.875. The van der Waals surface area contributed by atoms with Gasteiger partial charge < -0.3 is 10.1 Å². The number of benzene rings is 2. The van der Waals surface area contributed by atoms with Crippen molar-refractivity contribution in [3.63, 3.8) is 0 Å². The largest absolute Gasteiger partial charge is 0.375 e. The molecule has 104 valence electrons. The third-order valence-corrected chi connectivity index (χ3v) is 3.10. The first-order valence-corrected chi connectivity index (χ1v) is 6.67. The number of hydrogen-bond acceptors (Lipinski definition) is 2. The third kappa shape index (κ3) is 4.21. The van der Waals surface area contributed by atoms with Crippen molar-refractivity contribution >= 4 is 5.91 Å². The molecule has 0 aliphatic rings. The van der Waals surface area contributed by atoms with Crippen molar-refractivity contribution in [3.05, 3.63) is 71.8 Å². The van der Waals surface area contributed by atoms with E-state index in [0.29, 0.717) is 0 Å². The van der Waals surface area contributed by atoms with E-state index in [9.17, 15) is 4.79 Å². The molecule has 0 saturated carbocycles. The Kier molecular flexibility index (Phi) is 5.33. The van der Waals surface area contributed by atoms with E-state index >= 15 is 0 Å². The lowest BCUT2D eigenvalue weighted by Crippen LogP contribution is -2.32. The van der Waals surface area contributed by atoms with Crippen LogP contribution in [-0.2, 0) is 16.0 Å². The van der Waals surface area contributed by atoms with Gasteiger partial charge in [0.25, 0.3) is 0 Å². The maximum absolute atomic E-state index is 11.8. The van der Waals surface area contributed by atoms with Gasteiger partial charge in [-0.1, -0.05) is 60.7 Å². The molecule has 2 aromatic rings. The highest BCUT2D eigenvalue weighted by Gasteiger charge is 2.14. The maximum Gasteiger partial charge on any atom is 0.246 e. The molecular formula is C17H19NO2. The minimum Gasteiger partial charge on any atom is -0.375 e. The van der Waals surface area contributed by atoms with E-state index in [1.165, 1.54) is 12.7 Å². The normalized spacial score (nSPS) is 11.8. The van der Waals surface area contributed by atoms with Gasteiger partial charge in [0.15, 0.2) is 0 Å². The van der Waals surface area contributed by atoms with Gasteiger partial charge in [-0.25, -0.2) is 0 Å². The first-order chi connectivity index (χ1) is 9.79. The van der Waals surface area contributed by atoms with E-state index in [0.717, 1.165) is 12.0 Å². The highest BCUT2D eigenvalue weighted by atomic mass is 16.5. The van der Waals surface area contributed by atoms with Gasteiger partial charge in [0.2, 0.25) is 5.91 Å². The lowest BCUT2D eigenvalue weighted by Gasteiger charge is -2.19. The summed E-state index contributed by atoms with van der Waals surface area (Å²) in [5.41, 5.74) is 2.29. The summed E-state index contributed by atoms with van der Waals surface area (Å²) in [7, 11) is 1.52. The zero-order valence-electron chi connectivity index (χ0n) is 11.6. The minimum atomic E-state index is -0.0997. The van der Waals surface area contributed by atoms with Gasteiger partial charge in [-0.2, -0.15) is 0 Å². The van der Waals surface area contributed by atoms with Gasteiger partial charge in [0.1, 0.15) is 6.61 Å². The van der Waals surface area contributed by atoms with Gasteiger partial charge in [-0.15, -0.1) is 0 Å². The fourth-order valence-corrected chi connectivity index (χ4v) is 2.15. The van der Waals surface area contributed by atoms with Gasteiger partial charge in [-0.3, -0.25) is 4.79 Å². The van der Waals surface area contributed by atoms with Crippen LogP contribution in [0.3, 0.4) is 0 Å². The Morgan fingerprint density at radius 1 is 1.05 bits per heavy atom. The molecule has 0 aliphatic heterocycles. The van der Waals surface area contributed by atoms with Crippen molar-refractivity contribution in [2.24, 2.45) is 0 Å². The summed E-state index contributed by atoms with van der Waals surface area (Å²) in [5, 5.41) is 3.02. The van der Waals surface area contributed by atoms with Crippen LogP contribution in [0.5, 0.6) is 0 Å². The fraction of sp³-hybridized carbons (Fsp3) is 0.235. The SMILES string of the molecule is COCC(=O)N[C@H](Cc1ccccc1)c1ccccc1. The maximum atomic E-state index is 11.8. The van der Waals surface area contributed by atoms with E-state index in [1.807, 2.05) is 48.5 Å². The molecule has 0 heterocycles. The lowest BCUT2D eigenvalue weighted by molar-refractivity contribution is -0.125. The van der Waals surface area contributed by atoms with Crippen molar-refractivity contribution in [2.45, 2.75) is 12.5 Å². The molecule has 3 heteroatoms. The van der Waals surface area contributed by atoms with Crippen molar-refractivity contribution < 1.29 is 9.53 Å². The Morgan fingerprint density at radius 2 is 1.65 bits per heavy atom. The summed E-state index contributed by atoms with van der Waals surface area (Å²) in [6.07, 6.45) is 0.764. The van der Waals surface area contributed by atoms with Gasteiger partial charge in [0.05, 0.1) is 6.04 Å². The molecule has 1 amide bonds. The second kappa shape index (κ2) is 7.46. The highest BCUT2D eigenvalue weighted by molar-refractivity contribution is 5.77. The Hall–Kier alpha value is -2.13. The summed E-state index contributed by atoms with van der Waals surface area (Å²) in [6, 6.07) is 20.1. The smallest absolute Gasteiger partial charge is 0.246 e. The number of carbonyl (C=O) groups is 1. The second-order valence-electron chi connectivity index (χ2n) is 4.65. The number of hydrogen-bond donors (Lipinski definition) is 1. The van der Waals surface area contributed by atoms with Crippen LogP contribution in [0, 0.1) is 0 Å². The first kappa shape index (κ1) is 14.3. The first-order valence-electron chi connectivity index (χ1n) is 6.67. The number of amides is 1. The molecule has 1 atom stereocenters. The van der Waals surface area contributed by atoms with Crippen LogP contribution < -0.4 is 5.32 Å². The second-order valence-corrected chi connectivity index (χ2v) is 4.65. The Morgan fingerprint density at radius 3 is 2.25 bits per heavy atom. The minimum absolute atomic E-state index is 0.0405. The average Bonchev–Trinajstić information content (AvgIpc) is 2.49. The zero-order chi connectivity index (χ0) is 14.2. The van der Waals surface area contributed by atoms with Gasteiger partial charge in [-0.05, 0) is 17.5 Å². The van der Waals surface area contributed by atoms with Crippen LogP contribution in [-0.4, -0.2) is 19.6 Å². The Balaban J connectivity index is 2.14. The number of methoxy groups -OCH3 is 1. The molecule has 0 unspecified atom stereocenters. The van der Waals surface area contributed by atoms with Crippen LogP contribution in [0.4, 0.5) is 0 Å². The summed E-state index contributed by atoms with van der Waals surface area (Å²) in [4.78, 5) is 11.8. The van der Waals surface area contributed by atoms with Crippen LogP contribution in [0.1, 0.15) is 17.2 Å². The molecule has 1 N–H and O–H groups in total. The molecule has 0 fully saturated rings. The summed E-state index contributed by atoms with van der Waals surface area (Å²) >= 11 is 0. The van der Waals surface area contributed by atoms with Crippen molar-refractivity contribution in [2.75, 3.05) is 13.7 Å². The molecule has 0 radical (unpaired) electrons. The lowest BCUT2D eigenvalue weighted by atomic mass is 9.99. The van der Waals surface area contributed by atoms with E-state index in [-0.39, 0.29) is 18.6 Å². The Labute approximate surface area is 119 Å². The topological polar surface area (TPSA) is 38.3 Å². The standard InChI is InChI=1S/C17H19NO2/c1-20-13-17(19)18-16(15-10-6-3-7-11-15)12-14-8-4-2-5-9-14/h2-11,16H,12-13H2,1H3,(H,18,19)/t16-/m1/s1. The summed E-state index contributed by atoms with van der Waals surface area (Å²) in [5.74, 6) is -0.0997. The Bertz CT molecular complexity index is 525. The molecule has 0 bridgehead atoms. The van der Waals surface area contributed by atoms with Crippen molar-refractivity contribution in [3.8, 4) is 0 Å². The molecule has 0 spiro atoms. The summed E-state index contributed by atoms with van der Waals surface area (Å²) < 4.78 is 4.88. The average molecular weight is 269 g/mol. The van der Waals surface area contributed by atoms with E-state index in [1.54, 1.807) is 0 Å². The highest BCUT2D eigenvalue weighted by Crippen LogP contribution is 2.18. The fourth-order valence-electron chi connectivity index (χ4n) is 2.15. The van der Waals surface area contributed by atoms with E-state index in [2.05, 4.69) is 17.4 Å². The van der Waals surface area contributed by atoms with E-state index in [4.69, 9.17) is 4.74 Å². The molecule has 20 heavy (non-hydrogen) atoms. The van der Waals surface area contributed by atoms with E-state index < -0.39 is 0 Å². The number of ether oxygens (including phenoxy) is 1. The predicted molar refractivity (Wildman–Crippen MR) is 79.3 cm³/mol. The van der Waals surface area contributed by atoms with Crippen LogP contribution in [0.2, 0.25) is 0 Å². The van der Waals surface area contributed by atoms with Gasteiger partial charge >= 0.3 is 0 Å². The number of rotatable bonds is 6. The van der Waals surface area contributed by atoms with Crippen molar-refractivity contribution in [1.82, 2.24) is 5.32 Å². The molecule has 0 saturated heterocycles. The van der Waals surface area contributed by atoms with Crippen LogP contribution in [0.25, 0.3) is 0 Å². The monoisotopic (exact) mass is 269 g/mol. The molecule has 0 aliphatic carbocycles. The molecule has 3 nitrogen and oxygen atoms in total. The summed E-state index contributed by atoms with van der Waals surface area (Å²) in [6.45, 7) is 0.0815. The van der Waals surface area contributed by atoms with Crippen LogP contribution >= 0.6 is 0 Å².